The third kappa shape index (κ3) is 6.66. The van der Waals surface area contributed by atoms with Crippen LogP contribution in [-0.4, -0.2) is 52.0 Å². The summed E-state index contributed by atoms with van der Waals surface area (Å²) in [5, 5.41) is 16.8. The number of carbonyl (C=O) groups excluding carboxylic acids is 2. The van der Waals surface area contributed by atoms with Gasteiger partial charge in [-0.05, 0) is 61.9 Å². The van der Waals surface area contributed by atoms with Crippen molar-refractivity contribution in [3.05, 3.63) is 125 Å². The zero-order chi connectivity index (χ0) is 36.4. The van der Waals surface area contributed by atoms with Crippen molar-refractivity contribution in [2.24, 2.45) is 4.99 Å². The van der Waals surface area contributed by atoms with Crippen LogP contribution in [0.1, 0.15) is 37.9 Å². The smallest absolute Gasteiger partial charge is 0.338 e. The Bertz CT molecular complexity index is 2410. The summed E-state index contributed by atoms with van der Waals surface area (Å²) in [6.07, 6.45) is 3.37. The molecule has 260 valence electrons. The standard InChI is InChI=1S/C36H31N5O9S/c1-6-49-27-14-12-22(16-26(27)41(45)46)32-24(19-39(38-32)25-10-8-7-9-11-25)18-30-34(43)40-33(31(35(44)48-5)20(2)37-36(40)51-30)23-13-15-28(50-21(3)42)29(17-23)47-4/h7-19,33H,6H2,1-5H3/b30-18-. The highest BCUT2D eigenvalue weighted by Crippen LogP contribution is 2.37. The lowest BCUT2D eigenvalue weighted by atomic mass is 9.95. The minimum absolute atomic E-state index is 0.123. The van der Waals surface area contributed by atoms with Gasteiger partial charge in [0.2, 0.25) is 0 Å². The van der Waals surface area contributed by atoms with E-state index in [0.717, 1.165) is 17.0 Å². The number of nitro groups is 1. The van der Waals surface area contributed by atoms with Gasteiger partial charge in [0.15, 0.2) is 22.0 Å². The summed E-state index contributed by atoms with van der Waals surface area (Å²) in [6.45, 7) is 4.90. The maximum absolute atomic E-state index is 14.4. The topological polar surface area (TPSA) is 166 Å². The summed E-state index contributed by atoms with van der Waals surface area (Å²) < 4.78 is 24.6. The molecule has 2 aromatic heterocycles. The highest BCUT2D eigenvalue weighted by atomic mass is 32.1. The average Bonchev–Trinajstić information content (AvgIpc) is 3.68. The van der Waals surface area contributed by atoms with E-state index in [1.54, 1.807) is 49.0 Å². The SMILES string of the molecule is CCOc1ccc(-c2nn(-c3ccccc3)cc2/C=c2\sc3n(c2=O)C(c2ccc(OC(C)=O)c(OC)c2)C(C(=O)OC)=C(C)N=3)cc1[N+](=O)[O-]. The van der Waals surface area contributed by atoms with Crippen LogP contribution < -0.4 is 29.1 Å². The fourth-order valence-corrected chi connectivity index (χ4v) is 6.80. The van der Waals surface area contributed by atoms with Gasteiger partial charge in [-0.1, -0.05) is 35.6 Å². The van der Waals surface area contributed by atoms with Gasteiger partial charge in [0, 0.05) is 30.3 Å². The fourth-order valence-electron chi connectivity index (χ4n) is 5.76. The van der Waals surface area contributed by atoms with Crippen LogP contribution in [0.2, 0.25) is 0 Å². The average molecular weight is 710 g/mol. The molecule has 0 bridgehead atoms. The van der Waals surface area contributed by atoms with E-state index in [9.17, 15) is 24.5 Å². The molecule has 0 radical (unpaired) electrons. The van der Waals surface area contributed by atoms with Crippen molar-refractivity contribution < 1.29 is 33.5 Å². The summed E-state index contributed by atoms with van der Waals surface area (Å²) in [4.78, 5) is 55.7. The van der Waals surface area contributed by atoms with Gasteiger partial charge in [0.25, 0.3) is 5.56 Å². The number of esters is 2. The second kappa shape index (κ2) is 14.2. The first kappa shape index (κ1) is 34.5. The van der Waals surface area contributed by atoms with Gasteiger partial charge >= 0.3 is 17.6 Å². The Balaban J connectivity index is 1.57. The van der Waals surface area contributed by atoms with Gasteiger partial charge in [-0.15, -0.1) is 0 Å². The molecule has 6 rings (SSSR count). The van der Waals surface area contributed by atoms with E-state index in [-0.39, 0.29) is 39.6 Å². The molecule has 0 amide bonds. The number of methoxy groups -OCH3 is 2. The van der Waals surface area contributed by atoms with E-state index in [0.29, 0.717) is 32.9 Å². The largest absolute Gasteiger partial charge is 0.493 e. The van der Waals surface area contributed by atoms with Crippen LogP contribution in [0.5, 0.6) is 17.2 Å². The first-order chi connectivity index (χ1) is 24.5. The van der Waals surface area contributed by atoms with Crippen LogP contribution >= 0.6 is 11.3 Å². The fraction of sp³-hybridized carbons (Fsp3) is 0.194. The number of para-hydroxylation sites is 1. The molecule has 14 nitrogen and oxygen atoms in total. The molecule has 0 fully saturated rings. The molecule has 15 heteroatoms. The number of thiazole rings is 1. The Morgan fingerprint density at radius 3 is 2.45 bits per heavy atom. The number of benzene rings is 3. The Hall–Kier alpha value is -6.35. The van der Waals surface area contributed by atoms with Gasteiger partial charge in [-0.2, -0.15) is 5.10 Å². The molecular formula is C36H31N5O9S. The minimum atomic E-state index is -0.976. The molecule has 0 spiro atoms. The van der Waals surface area contributed by atoms with E-state index in [2.05, 4.69) is 4.99 Å². The van der Waals surface area contributed by atoms with Crippen LogP contribution in [0, 0.1) is 10.1 Å². The van der Waals surface area contributed by atoms with Gasteiger partial charge in [0.1, 0.15) is 5.69 Å². The van der Waals surface area contributed by atoms with Crippen LogP contribution in [0.4, 0.5) is 5.69 Å². The summed E-state index contributed by atoms with van der Waals surface area (Å²) in [5.74, 6) is -0.722. The lowest BCUT2D eigenvalue weighted by molar-refractivity contribution is -0.385. The number of rotatable bonds is 10. The molecule has 1 unspecified atom stereocenters. The van der Waals surface area contributed by atoms with Crippen LogP contribution in [-0.2, 0) is 14.3 Å². The summed E-state index contributed by atoms with van der Waals surface area (Å²) in [6, 6.07) is 17.6. The molecule has 0 N–H and O–H groups in total. The van der Waals surface area contributed by atoms with E-state index >= 15 is 0 Å². The lowest BCUT2D eigenvalue weighted by Gasteiger charge is -2.25. The Labute approximate surface area is 294 Å². The number of carbonyl (C=O) groups is 2. The van der Waals surface area contributed by atoms with Crippen molar-refractivity contribution >= 4 is 35.0 Å². The number of fused-ring (bicyclic) bond motifs is 1. The molecule has 0 aliphatic carbocycles. The molecule has 0 saturated heterocycles. The van der Waals surface area contributed by atoms with E-state index in [4.69, 9.17) is 24.0 Å². The van der Waals surface area contributed by atoms with Gasteiger partial charge in [-0.3, -0.25) is 24.3 Å². The molecule has 1 aliphatic heterocycles. The molecule has 1 aliphatic rings. The lowest BCUT2D eigenvalue weighted by Crippen LogP contribution is -2.39. The third-order valence-corrected chi connectivity index (χ3v) is 8.95. The highest BCUT2D eigenvalue weighted by Gasteiger charge is 2.34. The predicted octanol–water partition coefficient (Wildman–Crippen LogP) is 4.50. The first-order valence-corrected chi connectivity index (χ1v) is 16.4. The number of nitro benzene ring substituents is 1. The number of allylic oxidation sites excluding steroid dienone is 1. The molecule has 1 atom stereocenters. The van der Waals surface area contributed by atoms with Crippen molar-refractivity contribution in [2.75, 3.05) is 20.8 Å². The molecular weight excluding hydrogens is 678 g/mol. The highest BCUT2D eigenvalue weighted by molar-refractivity contribution is 7.07. The molecule has 3 heterocycles. The zero-order valence-electron chi connectivity index (χ0n) is 28.1. The Kier molecular flexibility index (Phi) is 9.64. The minimum Gasteiger partial charge on any atom is -0.493 e. The van der Waals surface area contributed by atoms with Gasteiger partial charge in [-0.25, -0.2) is 14.5 Å². The molecule has 0 saturated carbocycles. The molecule has 51 heavy (non-hydrogen) atoms. The number of nitrogens with zero attached hydrogens (tertiary/aromatic N) is 5. The number of hydrogen-bond donors (Lipinski definition) is 0. The van der Waals surface area contributed by atoms with Crippen LogP contribution in [0.15, 0.2) is 94.0 Å². The normalized spacial score (nSPS) is 14.1. The van der Waals surface area contributed by atoms with Crippen LogP contribution in [0.3, 0.4) is 0 Å². The number of hydrogen-bond acceptors (Lipinski definition) is 12. The second-order valence-corrected chi connectivity index (χ2v) is 12.2. The van der Waals surface area contributed by atoms with Crippen molar-refractivity contribution in [2.45, 2.75) is 26.8 Å². The summed E-state index contributed by atoms with van der Waals surface area (Å²) >= 11 is 1.10. The molecule has 3 aromatic carbocycles. The Morgan fingerprint density at radius 2 is 1.78 bits per heavy atom. The first-order valence-electron chi connectivity index (χ1n) is 15.6. The monoisotopic (exact) mass is 709 g/mol. The summed E-state index contributed by atoms with van der Waals surface area (Å²) in [5.41, 5.74) is 2.31. The predicted molar refractivity (Wildman–Crippen MR) is 187 cm³/mol. The maximum atomic E-state index is 14.4. The third-order valence-electron chi connectivity index (χ3n) is 7.96. The van der Waals surface area contributed by atoms with E-state index in [1.807, 2.05) is 30.3 Å². The summed E-state index contributed by atoms with van der Waals surface area (Å²) in [7, 11) is 2.65. The maximum Gasteiger partial charge on any atom is 0.338 e. The quantitative estimate of drug-likeness (QED) is 0.0872. The Morgan fingerprint density at radius 1 is 1.04 bits per heavy atom. The van der Waals surface area contributed by atoms with Crippen molar-refractivity contribution in [1.82, 2.24) is 14.3 Å². The zero-order valence-corrected chi connectivity index (χ0v) is 28.9. The van der Waals surface area contributed by atoms with E-state index in [1.165, 1.54) is 43.9 Å². The number of ether oxygens (including phenoxy) is 4. The van der Waals surface area contributed by atoms with E-state index < -0.39 is 28.5 Å². The van der Waals surface area contributed by atoms with Crippen molar-refractivity contribution in [3.63, 3.8) is 0 Å². The van der Waals surface area contributed by atoms with Crippen molar-refractivity contribution in [1.29, 1.82) is 0 Å². The second-order valence-electron chi connectivity index (χ2n) is 11.2. The number of aromatic nitrogens is 3. The van der Waals surface area contributed by atoms with Gasteiger partial charge < -0.3 is 18.9 Å². The van der Waals surface area contributed by atoms with Crippen molar-refractivity contribution in [3.8, 4) is 34.2 Å². The van der Waals surface area contributed by atoms with Gasteiger partial charge in [0.05, 0.1) is 53.3 Å². The molecule has 5 aromatic rings. The van der Waals surface area contributed by atoms with Crippen LogP contribution in [0.25, 0.3) is 23.0 Å².